The molecule has 0 saturated heterocycles. The Bertz CT molecular complexity index is 1160. The lowest BCUT2D eigenvalue weighted by molar-refractivity contribution is 0.476. The molecule has 7 nitrogen and oxygen atoms in total. The summed E-state index contributed by atoms with van der Waals surface area (Å²) >= 11 is 0. The number of hydrogen-bond donors (Lipinski definition) is 3. The third-order valence-electron chi connectivity index (χ3n) is 4.42. The van der Waals surface area contributed by atoms with Crippen molar-refractivity contribution < 1.29 is 4.74 Å². The molecule has 4 aromatic rings. The topological polar surface area (TPSA) is 102 Å². The van der Waals surface area contributed by atoms with E-state index in [0.29, 0.717) is 18.1 Å². The van der Waals surface area contributed by atoms with Crippen molar-refractivity contribution in [3.8, 4) is 11.5 Å². The van der Waals surface area contributed by atoms with Gasteiger partial charge in [0.2, 0.25) is 0 Å². The maximum Gasteiger partial charge on any atom is 0.158 e. The van der Waals surface area contributed by atoms with E-state index >= 15 is 0 Å². The monoisotopic (exact) mass is 386 g/mol. The van der Waals surface area contributed by atoms with Crippen molar-refractivity contribution in [2.75, 3.05) is 11.9 Å². The first kappa shape index (κ1) is 18.6. The number of aromatic amines is 1. The van der Waals surface area contributed by atoms with Gasteiger partial charge < -0.3 is 20.8 Å². The Hall–Kier alpha value is -3.71. The third-order valence-corrected chi connectivity index (χ3v) is 4.42. The highest BCUT2D eigenvalue weighted by molar-refractivity contribution is 5.89. The fourth-order valence-corrected chi connectivity index (χ4v) is 2.96. The first-order chi connectivity index (χ1) is 14.1. The number of fused-ring (bicyclic) bond motifs is 1. The van der Waals surface area contributed by atoms with Gasteiger partial charge in [-0.1, -0.05) is 6.08 Å². The second-order valence-corrected chi connectivity index (χ2v) is 6.69. The fourth-order valence-electron chi connectivity index (χ4n) is 2.96. The molecule has 146 valence electrons. The van der Waals surface area contributed by atoms with Gasteiger partial charge in [0, 0.05) is 23.6 Å². The van der Waals surface area contributed by atoms with E-state index in [9.17, 15) is 0 Å². The maximum absolute atomic E-state index is 5.94. The van der Waals surface area contributed by atoms with E-state index < -0.39 is 0 Å². The van der Waals surface area contributed by atoms with Crippen LogP contribution in [0.25, 0.3) is 17.1 Å². The minimum Gasteiger partial charge on any atom is -0.455 e. The van der Waals surface area contributed by atoms with Gasteiger partial charge in [-0.15, -0.1) is 0 Å². The minimum atomic E-state index is 0.485. The minimum absolute atomic E-state index is 0.485. The van der Waals surface area contributed by atoms with Gasteiger partial charge in [-0.3, -0.25) is 4.98 Å². The summed E-state index contributed by atoms with van der Waals surface area (Å²) in [4.78, 5) is 16.3. The third kappa shape index (κ3) is 4.25. The molecule has 0 atom stereocenters. The van der Waals surface area contributed by atoms with Gasteiger partial charge in [0.05, 0.1) is 11.7 Å². The number of anilines is 2. The highest BCUT2D eigenvalue weighted by Crippen LogP contribution is 2.29. The average molecular weight is 386 g/mol. The summed E-state index contributed by atoms with van der Waals surface area (Å²) < 4.78 is 5.94. The zero-order chi connectivity index (χ0) is 20.2. The Morgan fingerprint density at radius 3 is 2.76 bits per heavy atom. The Labute approximate surface area is 168 Å². The van der Waals surface area contributed by atoms with Crippen LogP contribution in [0, 0.1) is 13.8 Å². The zero-order valence-electron chi connectivity index (χ0n) is 16.3. The number of H-pyrrole nitrogens is 1. The summed E-state index contributed by atoms with van der Waals surface area (Å²) in [5, 5.41) is 3.36. The van der Waals surface area contributed by atoms with E-state index in [1.54, 1.807) is 12.5 Å². The van der Waals surface area contributed by atoms with Gasteiger partial charge in [0.25, 0.3) is 0 Å². The lowest BCUT2D eigenvalue weighted by Crippen LogP contribution is -1.97. The summed E-state index contributed by atoms with van der Waals surface area (Å²) in [5.74, 6) is 2.20. The lowest BCUT2D eigenvalue weighted by Gasteiger charge is -2.12. The van der Waals surface area contributed by atoms with Crippen molar-refractivity contribution in [2.24, 2.45) is 5.73 Å². The quantitative estimate of drug-likeness (QED) is 0.452. The van der Waals surface area contributed by atoms with Gasteiger partial charge in [-0.05, 0) is 61.9 Å². The summed E-state index contributed by atoms with van der Waals surface area (Å²) in [6, 6.07) is 11.7. The molecule has 0 bridgehead atoms. The molecule has 0 aliphatic carbocycles. The molecule has 1 aromatic carbocycles. The van der Waals surface area contributed by atoms with Gasteiger partial charge in [-0.25, -0.2) is 9.97 Å². The number of nitrogens with two attached hydrogens (primary N) is 1. The van der Waals surface area contributed by atoms with Crippen LogP contribution in [0.4, 0.5) is 11.5 Å². The largest absolute Gasteiger partial charge is 0.455 e. The van der Waals surface area contributed by atoms with Crippen molar-refractivity contribution in [3.63, 3.8) is 0 Å². The van der Waals surface area contributed by atoms with E-state index in [1.165, 1.54) is 0 Å². The van der Waals surface area contributed by atoms with E-state index in [1.807, 2.05) is 62.4 Å². The molecule has 0 fully saturated rings. The zero-order valence-corrected chi connectivity index (χ0v) is 16.3. The molecule has 0 saturated carbocycles. The van der Waals surface area contributed by atoms with E-state index in [4.69, 9.17) is 10.5 Å². The van der Waals surface area contributed by atoms with Crippen LogP contribution in [0.5, 0.6) is 11.5 Å². The first-order valence-electron chi connectivity index (χ1n) is 9.31. The molecule has 3 heterocycles. The predicted octanol–water partition coefficient (Wildman–Crippen LogP) is 4.48. The smallest absolute Gasteiger partial charge is 0.158 e. The van der Waals surface area contributed by atoms with Crippen LogP contribution < -0.4 is 15.8 Å². The first-order valence-corrected chi connectivity index (χ1v) is 9.31. The normalized spacial score (nSPS) is 11.3. The molecule has 4 N–H and O–H groups in total. The standard InChI is InChI=1S/C22H22N6O/c1-14-10-17(6-8-20(14)29-18-7-5-15(2)24-12-18)28-22-21-19(25-13-26-22)11-16(27-21)4-3-9-23/h3-8,10-13,27H,9,23H2,1-2H3,(H,25,26,28)/b4-3+. The number of ether oxygens (including phenoxy) is 1. The number of aryl methyl sites for hydroxylation is 2. The van der Waals surface area contributed by atoms with Gasteiger partial charge in [0.15, 0.2) is 5.82 Å². The highest BCUT2D eigenvalue weighted by Gasteiger charge is 2.09. The van der Waals surface area contributed by atoms with E-state index in [-0.39, 0.29) is 0 Å². The molecule has 7 heteroatoms. The number of aromatic nitrogens is 4. The fraction of sp³-hybridized carbons (Fsp3) is 0.136. The molecule has 29 heavy (non-hydrogen) atoms. The maximum atomic E-state index is 5.94. The molecule has 0 amide bonds. The van der Waals surface area contributed by atoms with Gasteiger partial charge in [-0.2, -0.15) is 0 Å². The molecular formula is C22H22N6O. The summed E-state index contributed by atoms with van der Waals surface area (Å²) in [6.45, 7) is 4.43. The Morgan fingerprint density at radius 2 is 2.00 bits per heavy atom. The van der Waals surface area contributed by atoms with E-state index in [0.717, 1.165) is 39.4 Å². The summed E-state index contributed by atoms with van der Waals surface area (Å²) in [6.07, 6.45) is 7.09. The highest BCUT2D eigenvalue weighted by atomic mass is 16.5. The second kappa shape index (κ2) is 8.12. The van der Waals surface area contributed by atoms with Crippen LogP contribution in [0.3, 0.4) is 0 Å². The van der Waals surface area contributed by atoms with Gasteiger partial charge in [0.1, 0.15) is 23.3 Å². The number of nitrogens with one attached hydrogen (secondary N) is 2. The molecule has 3 aromatic heterocycles. The van der Waals surface area contributed by atoms with Crippen LogP contribution in [-0.4, -0.2) is 26.5 Å². The van der Waals surface area contributed by atoms with Crippen LogP contribution >= 0.6 is 0 Å². The van der Waals surface area contributed by atoms with Crippen LogP contribution in [0.15, 0.2) is 55.0 Å². The SMILES string of the molecule is Cc1ccc(Oc2ccc(Nc3ncnc4cc(/C=C/CN)[nH]c34)cc2C)cn1. The lowest BCUT2D eigenvalue weighted by atomic mass is 10.2. The van der Waals surface area contributed by atoms with Crippen molar-refractivity contribution >= 4 is 28.6 Å². The van der Waals surface area contributed by atoms with Crippen LogP contribution in [0.2, 0.25) is 0 Å². The molecule has 4 rings (SSSR count). The predicted molar refractivity (Wildman–Crippen MR) is 115 cm³/mol. The number of pyridine rings is 1. The molecule has 0 radical (unpaired) electrons. The van der Waals surface area contributed by atoms with Crippen molar-refractivity contribution in [3.05, 3.63) is 71.9 Å². The molecular weight excluding hydrogens is 364 g/mol. The number of rotatable bonds is 6. The molecule has 0 unspecified atom stereocenters. The molecule has 0 aliphatic rings. The van der Waals surface area contributed by atoms with Crippen LogP contribution in [-0.2, 0) is 0 Å². The van der Waals surface area contributed by atoms with Crippen molar-refractivity contribution in [1.29, 1.82) is 0 Å². The molecule has 0 spiro atoms. The number of nitrogens with zero attached hydrogens (tertiary/aromatic N) is 3. The second-order valence-electron chi connectivity index (χ2n) is 6.69. The van der Waals surface area contributed by atoms with Crippen molar-refractivity contribution in [2.45, 2.75) is 13.8 Å². The van der Waals surface area contributed by atoms with Crippen LogP contribution in [0.1, 0.15) is 17.0 Å². The average Bonchev–Trinajstić information content (AvgIpc) is 3.14. The Kier molecular flexibility index (Phi) is 5.22. The Morgan fingerprint density at radius 1 is 1.10 bits per heavy atom. The van der Waals surface area contributed by atoms with E-state index in [2.05, 4.69) is 25.3 Å². The molecule has 0 aliphatic heterocycles. The number of benzene rings is 1. The number of hydrogen-bond acceptors (Lipinski definition) is 6. The Balaban J connectivity index is 1.56. The van der Waals surface area contributed by atoms with Gasteiger partial charge >= 0.3 is 0 Å². The summed E-state index contributed by atoms with van der Waals surface area (Å²) in [5.41, 5.74) is 11.0. The van der Waals surface area contributed by atoms with Crippen molar-refractivity contribution in [1.82, 2.24) is 19.9 Å². The summed E-state index contributed by atoms with van der Waals surface area (Å²) in [7, 11) is 0.